The lowest BCUT2D eigenvalue weighted by Crippen LogP contribution is -2.29. The number of nitriles is 1. The average Bonchev–Trinajstić information content (AvgIpc) is 2.64. The van der Waals surface area contributed by atoms with Crippen molar-refractivity contribution in [2.45, 2.75) is 13.5 Å². The van der Waals surface area contributed by atoms with Crippen molar-refractivity contribution in [2.24, 2.45) is 0 Å². The van der Waals surface area contributed by atoms with Crippen LogP contribution in [0.2, 0.25) is 0 Å². The number of hydrogen-bond donors (Lipinski definition) is 1. The van der Waals surface area contributed by atoms with E-state index in [2.05, 4.69) is 5.32 Å². The van der Waals surface area contributed by atoms with Gasteiger partial charge in [-0.25, -0.2) is 0 Å². The molecule has 1 amide bonds. The quantitative estimate of drug-likeness (QED) is 0.789. The van der Waals surface area contributed by atoms with Gasteiger partial charge in [0.1, 0.15) is 11.6 Å². The standard InChI is InChI=1S/C21H17N3O2/c1-15-6-4-7-16(12-15)14-24-11-5-9-18(21(24)26)20(25)23-19-10-3-2-8-17(19)13-22/h2-12H,14H2,1H3,(H,23,25). The number of pyridine rings is 1. The zero-order valence-corrected chi connectivity index (χ0v) is 14.3. The molecular weight excluding hydrogens is 326 g/mol. The third-order valence-corrected chi connectivity index (χ3v) is 4.00. The van der Waals surface area contributed by atoms with E-state index in [1.165, 1.54) is 10.6 Å². The van der Waals surface area contributed by atoms with Crippen LogP contribution in [0.25, 0.3) is 0 Å². The third kappa shape index (κ3) is 3.70. The number of para-hydroxylation sites is 1. The van der Waals surface area contributed by atoms with Gasteiger partial charge in [-0.05, 0) is 36.8 Å². The second kappa shape index (κ2) is 7.49. The summed E-state index contributed by atoms with van der Waals surface area (Å²) < 4.78 is 1.50. The highest BCUT2D eigenvalue weighted by Crippen LogP contribution is 2.14. The van der Waals surface area contributed by atoms with Gasteiger partial charge in [0.2, 0.25) is 0 Å². The summed E-state index contributed by atoms with van der Waals surface area (Å²) in [5, 5.41) is 11.8. The molecule has 1 aromatic heterocycles. The largest absolute Gasteiger partial charge is 0.321 e. The van der Waals surface area contributed by atoms with E-state index in [4.69, 9.17) is 5.26 Å². The van der Waals surface area contributed by atoms with Crippen molar-refractivity contribution in [3.63, 3.8) is 0 Å². The van der Waals surface area contributed by atoms with Crippen LogP contribution in [-0.4, -0.2) is 10.5 Å². The fourth-order valence-corrected chi connectivity index (χ4v) is 2.72. The Kier molecular flexibility index (Phi) is 4.95. The summed E-state index contributed by atoms with van der Waals surface area (Å²) in [6.07, 6.45) is 1.66. The van der Waals surface area contributed by atoms with Crippen molar-refractivity contribution in [1.82, 2.24) is 4.57 Å². The first kappa shape index (κ1) is 17.2. The van der Waals surface area contributed by atoms with Crippen molar-refractivity contribution < 1.29 is 4.79 Å². The maximum atomic E-state index is 12.7. The number of nitrogens with one attached hydrogen (secondary N) is 1. The average molecular weight is 343 g/mol. The summed E-state index contributed by atoms with van der Waals surface area (Å²) >= 11 is 0. The van der Waals surface area contributed by atoms with Gasteiger partial charge in [0.05, 0.1) is 17.8 Å². The smallest absolute Gasteiger partial charge is 0.263 e. The Labute approximate surface area is 151 Å². The van der Waals surface area contributed by atoms with Gasteiger partial charge in [-0.3, -0.25) is 9.59 Å². The molecule has 0 saturated carbocycles. The van der Waals surface area contributed by atoms with Crippen molar-refractivity contribution >= 4 is 11.6 Å². The van der Waals surface area contributed by atoms with Crippen LogP contribution in [0.1, 0.15) is 27.0 Å². The lowest BCUT2D eigenvalue weighted by atomic mass is 10.1. The van der Waals surface area contributed by atoms with Crippen molar-refractivity contribution in [2.75, 3.05) is 5.32 Å². The first-order chi connectivity index (χ1) is 12.6. The summed E-state index contributed by atoms with van der Waals surface area (Å²) in [5.74, 6) is -0.531. The van der Waals surface area contributed by atoms with E-state index >= 15 is 0 Å². The molecule has 0 aliphatic carbocycles. The van der Waals surface area contributed by atoms with E-state index in [0.717, 1.165) is 11.1 Å². The van der Waals surface area contributed by atoms with Gasteiger partial charge in [0, 0.05) is 6.20 Å². The minimum atomic E-state index is -0.531. The summed E-state index contributed by atoms with van der Waals surface area (Å²) in [5.41, 5.74) is 2.48. The molecule has 128 valence electrons. The van der Waals surface area contributed by atoms with Crippen LogP contribution in [0.15, 0.2) is 71.7 Å². The molecule has 5 heteroatoms. The molecule has 0 unspecified atom stereocenters. The van der Waals surface area contributed by atoms with E-state index in [1.54, 1.807) is 36.5 Å². The van der Waals surface area contributed by atoms with E-state index in [-0.39, 0.29) is 11.1 Å². The zero-order valence-electron chi connectivity index (χ0n) is 14.3. The van der Waals surface area contributed by atoms with E-state index < -0.39 is 5.91 Å². The normalized spacial score (nSPS) is 10.2. The fraction of sp³-hybridized carbons (Fsp3) is 0.0952. The Morgan fingerprint density at radius 3 is 2.69 bits per heavy atom. The second-order valence-corrected chi connectivity index (χ2v) is 5.96. The van der Waals surface area contributed by atoms with Crippen LogP contribution in [0.4, 0.5) is 5.69 Å². The van der Waals surface area contributed by atoms with Gasteiger partial charge < -0.3 is 9.88 Å². The first-order valence-electron chi connectivity index (χ1n) is 8.14. The van der Waals surface area contributed by atoms with E-state index in [0.29, 0.717) is 17.8 Å². The van der Waals surface area contributed by atoms with Gasteiger partial charge in [0.25, 0.3) is 11.5 Å². The van der Waals surface area contributed by atoms with Crippen molar-refractivity contribution in [3.05, 3.63) is 99.5 Å². The van der Waals surface area contributed by atoms with Crippen LogP contribution in [-0.2, 0) is 6.54 Å². The molecule has 3 rings (SSSR count). The molecule has 26 heavy (non-hydrogen) atoms. The predicted molar refractivity (Wildman–Crippen MR) is 100 cm³/mol. The highest BCUT2D eigenvalue weighted by molar-refractivity contribution is 6.04. The maximum Gasteiger partial charge on any atom is 0.263 e. The molecule has 0 bridgehead atoms. The van der Waals surface area contributed by atoms with Gasteiger partial charge in [-0.2, -0.15) is 5.26 Å². The third-order valence-electron chi connectivity index (χ3n) is 4.00. The summed E-state index contributed by atoms with van der Waals surface area (Å²) in [4.78, 5) is 25.2. The Morgan fingerprint density at radius 2 is 1.92 bits per heavy atom. The zero-order chi connectivity index (χ0) is 18.5. The number of hydrogen-bond acceptors (Lipinski definition) is 3. The molecule has 1 heterocycles. The van der Waals surface area contributed by atoms with Crippen LogP contribution in [0.3, 0.4) is 0 Å². The monoisotopic (exact) mass is 343 g/mol. The number of aromatic nitrogens is 1. The van der Waals surface area contributed by atoms with Crippen molar-refractivity contribution in [3.8, 4) is 6.07 Å². The lowest BCUT2D eigenvalue weighted by Gasteiger charge is -2.10. The van der Waals surface area contributed by atoms with Crippen LogP contribution < -0.4 is 10.9 Å². The van der Waals surface area contributed by atoms with Gasteiger partial charge in [-0.1, -0.05) is 42.0 Å². The highest BCUT2D eigenvalue weighted by atomic mass is 16.2. The molecule has 0 aliphatic rings. The number of amides is 1. The number of benzene rings is 2. The lowest BCUT2D eigenvalue weighted by molar-refractivity contribution is 0.102. The highest BCUT2D eigenvalue weighted by Gasteiger charge is 2.14. The Balaban J connectivity index is 1.88. The molecule has 5 nitrogen and oxygen atoms in total. The van der Waals surface area contributed by atoms with E-state index in [9.17, 15) is 9.59 Å². The fourth-order valence-electron chi connectivity index (χ4n) is 2.72. The molecule has 0 atom stereocenters. The summed E-state index contributed by atoms with van der Waals surface area (Å²) in [6, 6.07) is 19.7. The van der Waals surface area contributed by atoms with Crippen LogP contribution in [0.5, 0.6) is 0 Å². The molecule has 0 spiro atoms. The minimum Gasteiger partial charge on any atom is -0.321 e. The molecule has 0 radical (unpaired) electrons. The topological polar surface area (TPSA) is 74.9 Å². The van der Waals surface area contributed by atoms with Crippen LogP contribution in [0, 0.1) is 18.3 Å². The first-order valence-corrected chi connectivity index (χ1v) is 8.14. The number of aryl methyl sites for hydroxylation is 1. The number of anilines is 1. The Morgan fingerprint density at radius 1 is 1.12 bits per heavy atom. The van der Waals surface area contributed by atoms with Crippen molar-refractivity contribution in [1.29, 1.82) is 5.26 Å². The minimum absolute atomic E-state index is 0.0351. The van der Waals surface area contributed by atoms with Gasteiger partial charge >= 0.3 is 0 Å². The van der Waals surface area contributed by atoms with Gasteiger partial charge in [-0.15, -0.1) is 0 Å². The molecule has 3 aromatic rings. The number of carbonyl (C=O) groups is 1. The number of carbonyl (C=O) groups excluding carboxylic acids is 1. The summed E-state index contributed by atoms with van der Waals surface area (Å²) in [7, 11) is 0. The number of rotatable bonds is 4. The predicted octanol–water partition coefficient (Wildman–Crippen LogP) is 3.33. The molecule has 0 saturated heterocycles. The second-order valence-electron chi connectivity index (χ2n) is 5.96. The molecule has 0 fully saturated rings. The molecule has 0 aliphatic heterocycles. The van der Waals surface area contributed by atoms with Gasteiger partial charge in [0.15, 0.2) is 0 Å². The molecular formula is C21H17N3O2. The Hall–Kier alpha value is -3.65. The number of nitrogens with zero attached hydrogens (tertiary/aromatic N) is 2. The molecule has 2 aromatic carbocycles. The van der Waals surface area contributed by atoms with Crippen LogP contribution >= 0.6 is 0 Å². The maximum absolute atomic E-state index is 12.7. The summed E-state index contributed by atoms with van der Waals surface area (Å²) in [6.45, 7) is 2.37. The van der Waals surface area contributed by atoms with E-state index in [1.807, 2.05) is 37.3 Å². The molecule has 1 N–H and O–H groups in total. The Bertz CT molecular complexity index is 1060. The SMILES string of the molecule is Cc1cccc(Cn2cccc(C(=O)Nc3ccccc3C#N)c2=O)c1.